The Kier molecular flexibility index (Phi) is 4.91. The van der Waals surface area contributed by atoms with Gasteiger partial charge in [0, 0.05) is 23.5 Å². The van der Waals surface area contributed by atoms with E-state index in [4.69, 9.17) is 14.2 Å². The summed E-state index contributed by atoms with van der Waals surface area (Å²) >= 11 is 0. The van der Waals surface area contributed by atoms with E-state index in [0.29, 0.717) is 11.3 Å². The quantitative estimate of drug-likeness (QED) is 0.777. The molecule has 0 aromatic heterocycles. The first-order valence-corrected chi connectivity index (χ1v) is 9.54. The summed E-state index contributed by atoms with van der Waals surface area (Å²) in [4.78, 5) is 38.9. The molecular weight excluding hydrogens is 388 g/mol. The van der Waals surface area contributed by atoms with E-state index in [1.165, 1.54) is 13.2 Å². The summed E-state index contributed by atoms with van der Waals surface area (Å²) in [7, 11) is 1.53. The molecule has 0 saturated carbocycles. The van der Waals surface area contributed by atoms with Crippen LogP contribution in [0.1, 0.15) is 45.5 Å². The number of esters is 1. The third-order valence-corrected chi connectivity index (χ3v) is 5.32. The van der Waals surface area contributed by atoms with Gasteiger partial charge >= 0.3 is 11.8 Å². The van der Waals surface area contributed by atoms with Gasteiger partial charge in [-0.05, 0) is 24.6 Å². The molecule has 30 heavy (non-hydrogen) atoms. The van der Waals surface area contributed by atoms with Crippen molar-refractivity contribution < 1.29 is 33.7 Å². The topological polar surface area (TPSA) is 99.1 Å². The van der Waals surface area contributed by atoms with Gasteiger partial charge in [0.2, 0.25) is 5.78 Å². The summed E-state index contributed by atoms with van der Waals surface area (Å²) in [5.74, 6) is -4.78. The van der Waals surface area contributed by atoms with Crippen molar-refractivity contribution in [3.05, 3.63) is 76.6 Å². The van der Waals surface area contributed by atoms with E-state index in [1.807, 2.05) is 0 Å². The maximum absolute atomic E-state index is 13.3. The molecule has 1 aliphatic carbocycles. The second-order valence-electron chi connectivity index (χ2n) is 7.08. The molecule has 1 aliphatic heterocycles. The van der Waals surface area contributed by atoms with Crippen molar-refractivity contribution in [3.8, 4) is 5.75 Å². The number of carbonyl (C=O) groups is 3. The van der Waals surface area contributed by atoms with Crippen molar-refractivity contribution in [1.29, 1.82) is 0 Å². The van der Waals surface area contributed by atoms with Crippen LogP contribution in [0.25, 0.3) is 0 Å². The van der Waals surface area contributed by atoms with E-state index >= 15 is 0 Å². The molecule has 2 aromatic carbocycles. The lowest BCUT2D eigenvalue weighted by molar-refractivity contribution is -0.220. The third kappa shape index (κ3) is 3.07. The molecule has 1 heterocycles. The fourth-order valence-electron chi connectivity index (χ4n) is 3.87. The normalized spacial score (nSPS) is 22.7. The first-order chi connectivity index (χ1) is 14.4. The molecule has 2 aromatic rings. The van der Waals surface area contributed by atoms with E-state index in [1.54, 1.807) is 49.4 Å². The minimum Gasteiger partial charge on any atom is -0.497 e. The Morgan fingerprint density at radius 1 is 1.10 bits per heavy atom. The Bertz CT molecular complexity index is 1070. The molecule has 7 heteroatoms. The van der Waals surface area contributed by atoms with Gasteiger partial charge in [-0.15, -0.1) is 0 Å². The van der Waals surface area contributed by atoms with Gasteiger partial charge in [0.15, 0.2) is 11.5 Å². The fourth-order valence-corrected chi connectivity index (χ4v) is 3.87. The highest BCUT2D eigenvalue weighted by molar-refractivity contribution is 6.27. The van der Waals surface area contributed by atoms with Crippen LogP contribution < -0.4 is 4.74 Å². The summed E-state index contributed by atoms with van der Waals surface area (Å²) in [6, 6.07) is 13.3. The van der Waals surface area contributed by atoms with Crippen molar-refractivity contribution in [1.82, 2.24) is 0 Å². The zero-order chi connectivity index (χ0) is 21.5. The van der Waals surface area contributed by atoms with E-state index < -0.39 is 23.5 Å². The molecule has 0 bridgehead atoms. The van der Waals surface area contributed by atoms with Crippen molar-refractivity contribution >= 4 is 17.5 Å². The van der Waals surface area contributed by atoms with Gasteiger partial charge in [-0.3, -0.25) is 9.59 Å². The lowest BCUT2D eigenvalue weighted by Gasteiger charge is -2.39. The van der Waals surface area contributed by atoms with Crippen molar-refractivity contribution in [2.24, 2.45) is 0 Å². The summed E-state index contributed by atoms with van der Waals surface area (Å²) in [6.07, 6.45) is -0.266. The molecular formula is C23H20O7. The number of allylic oxidation sites excluding steroid dienone is 2. The Balaban J connectivity index is 1.88. The van der Waals surface area contributed by atoms with Gasteiger partial charge in [0.05, 0.1) is 19.3 Å². The smallest absolute Gasteiger partial charge is 0.379 e. The molecule has 0 fully saturated rings. The number of Topliss-reactive ketones (excluding diaryl/α,β-unsaturated/α-hetero) is 2. The van der Waals surface area contributed by atoms with Gasteiger partial charge in [-0.25, -0.2) is 4.79 Å². The third-order valence-electron chi connectivity index (χ3n) is 5.32. The van der Waals surface area contributed by atoms with Gasteiger partial charge in [0.1, 0.15) is 5.75 Å². The lowest BCUT2D eigenvalue weighted by atomic mass is 9.75. The van der Waals surface area contributed by atoms with E-state index in [-0.39, 0.29) is 41.3 Å². The number of fused-ring (bicyclic) bond motifs is 1. The molecule has 4 rings (SSSR count). The molecule has 7 nitrogen and oxygen atoms in total. The van der Waals surface area contributed by atoms with Crippen LogP contribution in [0.4, 0.5) is 0 Å². The second-order valence-corrected chi connectivity index (χ2v) is 7.08. The highest BCUT2D eigenvalue weighted by Gasteiger charge is 2.53. The van der Waals surface area contributed by atoms with Crippen LogP contribution >= 0.6 is 0 Å². The molecule has 0 amide bonds. The highest BCUT2D eigenvalue weighted by Crippen LogP contribution is 2.46. The van der Waals surface area contributed by atoms with Crippen LogP contribution in [0.15, 0.2) is 59.9 Å². The number of rotatable bonds is 4. The summed E-state index contributed by atoms with van der Waals surface area (Å²) in [6.45, 7) is 1.63. The van der Waals surface area contributed by atoms with Gasteiger partial charge < -0.3 is 19.3 Å². The molecule has 154 valence electrons. The average molecular weight is 408 g/mol. The number of ether oxygens (including phenoxy) is 3. The fraction of sp³-hybridized carbons (Fsp3) is 0.261. The summed E-state index contributed by atoms with van der Waals surface area (Å²) < 4.78 is 15.6. The minimum atomic E-state index is -2.39. The first kappa shape index (κ1) is 19.8. The van der Waals surface area contributed by atoms with Crippen LogP contribution in [0.3, 0.4) is 0 Å². The van der Waals surface area contributed by atoms with Crippen LogP contribution in [-0.4, -0.2) is 42.1 Å². The zero-order valence-electron chi connectivity index (χ0n) is 16.5. The number of methoxy groups -OCH3 is 1. The van der Waals surface area contributed by atoms with Gasteiger partial charge in [-0.2, -0.15) is 0 Å². The van der Waals surface area contributed by atoms with Crippen molar-refractivity contribution in [2.75, 3.05) is 13.7 Å². The Morgan fingerprint density at radius 3 is 2.33 bits per heavy atom. The Morgan fingerprint density at radius 2 is 1.73 bits per heavy atom. The van der Waals surface area contributed by atoms with E-state index in [2.05, 4.69) is 0 Å². The van der Waals surface area contributed by atoms with Crippen LogP contribution in [-0.2, 0) is 14.3 Å². The number of hydrogen-bond acceptors (Lipinski definition) is 7. The number of hydrogen-bond donors (Lipinski definition) is 1. The first-order valence-electron chi connectivity index (χ1n) is 9.54. The maximum Gasteiger partial charge on any atom is 0.379 e. The SMILES string of the molecule is CCOC(=O)C1(O)C[C@H](c2ccc(OC)cc2)C2=C(O1)C(=O)c1ccccc1C2=O. The van der Waals surface area contributed by atoms with Gasteiger partial charge in [-0.1, -0.05) is 36.4 Å². The minimum absolute atomic E-state index is 0.0271. The molecule has 2 atom stereocenters. The number of benzene rings is 2. The molecule has 0 spiro atoms. The molecule has 2 aliphatic rings. The van der Waals surface area contributed by atoms with Crippen molar-refractivity contribution in [3.63, 3.8) is 0 Å². The zero-order valence-corrected chi connectivity index (χ0v) is 16.5. The standard InChI is InChI=1S/C23H20O7/c1-3-29-22(26)23(27)12-17(13-8-10-14(28-2)11-9-13)18-19(24)15-6-4-5-7-16(15)20(25)21(18)30-23/h4-11,17,27H,3,12H2,1-2H3/t17-,23?/m1/s1. The maximum atomic E-state index is 13.3. The Hall–Kier alpha value is -3.45. The van der Waals surface area contributed by atoms with E-state index in [9.17, 15) is 19.5 Å². The summed E-state index contributed by atoms with van der Waals surface area (Å²) in [5.41, 5.74) is 1.19. The Labute approximate surface area is 172 Å². The number of ketones is 2. The molecule has 1 unspecified atom stereocenters. The predicted molar refractivity (Wildman–Crippen MR) is 105 cm³/mol. The largest absolute Gasteiger partial charge is 0.497 e. The highest BCUT2D eigenvalue weighted by atomic mass is 16.7. The predicted octanol–water partition coefficient (Wildman–Crippen LogP) is 2.78. The lowest BCUT2D eigenvalue weighted by Crippen LogP contribution is -2.49. The van der Waals surface area contributed by atoms with Gasteiger partial charge in [0.25, 0.3) is 0 Å². The average Bonchev–Trinajstić information content (AvgIpc) is 2.77. The summed E-state index contributed by atoms with van der Waals surface area (Å²) in [5, 5.41) is 11.0. The molecule has 1 N–H and O–H groups in total. The number of aliphatic hydroxyl groups is 1. The number of carbonyl (C=O) groups excluding carboxylic acids is 3. The molecule has 0 saturated heterocycles. The second kappa shape index (κ2) is 7.42. The van der Waals surface area contributed by atoms with Crippen LogP contribution in [0.5, 0.6) is 5.75 Å². The van der Waals surface area contributed by atoms with E-state index in [0.717, 1.165) is 0 Å². The molecule has 0 radical (unpaired) electrons. The monoisotopic (exact) mass is 408 g/mol. The van der Waals surface area contributed by atoms with Crippen LogP contribution in [0, 0.1) is 0 Å². The van der Waals surface area contributed by atoms with Crippen molar-refractivity contribution in [2.45, 2.75) is 25.0 Å². The van der Waals surface area contributed by atoms with Crippen LogP contribution in [0.2, 0.25) is 0 Å².